The number of likely N-dealkylation sites (tertiary alicyclic amines) is 1. The van der Waals surface area contributed by atoms with Gasteiger partial charge in [0, 0.05) is 18.9 Å². The second kappa shape index (κ2) is 9.00. The summed E-state index contributed by atoms with van der Waals surface area (Å²) >= 11 is 0. The lowest BCUT2D eigenvalue weighted by atomic mass is 9.78. The number of fused-ring (bicyclic) bond motifs is 3. The molecule has 0 spiro atoms. The number of ether oxygens (including phenoxy) is 1. The van der Waals surface area contributed by atoms with E-state index in [2.05, 4.69) is 16.4 Å². The Hall–Kier alpha value is -0.870. The van der Waals surface area contributed by atoms with Gasteiger partial charge in [-0.1, -0.05) is 19.4 Å². The Balaban J connectivity index is 1.26. The van der Waals surface area contributed by atoms with Crippen LogP contribution in [0.2, 0.25) is 0 Å². The van der Waals surface area contributed by atoms with Crippen LogP contribution in [0.15, 0.2) is 12.3 Å². The minimum Gasteiger partial charge on any atom is -0.431 e. The lowest BCUT2D eigenvalue weighted by Gasteiger charge is -2.44. The summed E-state index contributed by atoms with van der Waals surface area (Å²) in [4.78, 5) is 17.1. The van der Waals surface area contributed by atoms with Crippen molar-refractivity contribution < 1.29 is 9.53 Å². The van der Waals surface area contributed by atoms with Gasteiger partial charge in [-0.3, -0.25) is 4.79 Å². The van der Waals surface area contributed by atoms with Gasteiger partial charge < -0.3 is 14.5 Å². The summed E-state index contributed by atoms with van der Waals surface area (Å²) in [6.45, 7) is 11.2. The van der Waals surface area contributed by atoms with Crippen LogP contribution in [0.1, 0.15) is 57.8 Å². The number of nitrogens with zero attached hydrogens (tertiary/aromatic N) is 2. The molecule has 4 heteroatoms. The number of unbranched alkanes of at least 4 members (excludes halogenated alkanes) is 2. The van der Waals surface area contributed by atoms with Gasteiger partial charge in [0.15, 0.2) is 0 Å². The second-order valence-electron chi connectivity index (χ2n) is 7.90. The Morgan fingerprint density at radius 3 is 2.42 bits per heavy atom. The van der Waals surface area contributed by atoms with Crippen molar-refractivity contribution in [2.75, 3.05) is 39.3 Å². The first-order valence-corrected chi connectivity index (χ1v) is 10.1. The van der Waals surface area contributed by atoms with Crippen LogP contribution in [0.25, 0.3) is 0 Å². The number of hydrogen-bond acceptors (Lipinski definition) is 4. The number of esters is 1. The molecule has 0 unspecified atom stereocenters. The van der Waals surface area contributed by atoms with Crippen LogP contribution in [0, 0.1) is 11.8 Å². The Labute approximate surface area is 147 Å². The highest BCUT2D eigenvalue weighted by Crippen LogP contribution is 2.36. The number of piperidine rings is 4. The van der Waals surface area contributed by atoms with Crippen LogP contribution in [-0.2, 0) is 9.53 Å². The average Bonchev–Trinajstić information content (AvgIpc) is 2.63. The molecule has 4 aliphatic heterocycles. The van der Waals surface area contributed by atoms with Crippen LogP contribution in [0.5, 0.6) is 0 Å². The van der Waals surface area contributed by atoms with E-state index < -0.39 is 0 Å². The Morgan fingerprint density at radius 1 is 1.00 bits per heavy atom. The average molecular weight is 335 g/mol. The molecule has 0 aromatic rings. The van der Waals surface area contributed by atoms with Gasteiger partial charge in [-0.15, -0.1) is 0 Å². The van der Waals surface area contributed by atoms with Gasteiger partial charge >= 0.3 is 5.97 Å². The minimum absolute atomic E-state index is 0.0746. The van der Waals surface area contributed by atoms with E-state index in [9.17, 15) is 4.79 Å². The SMILES string of the molecule is C=C(OC(=O)CCCCCN1CCCCC1)[C@H]1CN2CCC1CC2. The second-order valence-corrected chi connectivity index (χ2v) is 7.90. The molecule has 0 amide bonds. The topological polar surface area (TPSA) is 32.8 Å². The molecule has 2 bridgehead atoms. The standard InChI is InChI=1S/C20H34N2O2/c1-17(19-16-22-14-9-18(19)10-15-22)24-20(23)8-4-2-5-11-21-12-6-3-7-13-21/h18-19H,1-16H2/t19-/m1/s1. The van der Waals surface area contributed by atoms with Crippen LogP contribution in [0.3, 0.4) is 0 Å². The van der Waals surface area contributed by atoms with Crippen molar-refractivity contribution >= 4 is 5.97 Å². The molecule has 0 radical (unpaired) electrons. The van der Waals surface area contributed by atoms with Crippen molar-refractivity contribution in [3.8, 4) is 0 Å². The Bertz CT molecular complexity index is 423. The van der Waals surface area contributed by atoms with Gasteiger partial charge in [0.05, 0.1) is 0 Å². The maximum atomic E-state index is 12.1. The van der Waals surface area contributed by atoms with Crippen LogP contribution < -0.4 is 0 Å². The summed E-state index contributed by atoms with van der Waals surface area (Å²) in [5.74, 6) is 1.70. The van der Waals surface area contributed by atoms with Gasteiger partial charge in [0.25, 0.3) is 0 Å². The molecule has 4 heterocycles. The molecular formula is C20H34N2O2. The third-order valence-corrected chi connectivity index (χ3v) is 6.12. The molecule has 4 aliphatic rings. The van der Waals surface area contributed by atoms with Crippen LogP contribution in [-0.4, -0.2) is 55.0 Å². The first-order valence-electron chi connectivity index (χ1n) is 10.1. The van der Waals surface area contributed by atoms with Gasteiger partial charge in [-0.2, -0.15) is 0 Å². The number of rotatable bonds is 8. The lowest BCUT2D eigenvalue weighted by molar-refractivity contribution is -0.141. The fourth-order valence-corrected chi connectivity index (χ4v) is 4.57. The highest BCUT2D eigenvalue weighted by atomic mass is 16.5. The van der Waals surface area contributed by atoms with Gasteiger partial charge in [0.2, 0.25) is 0 Å². The molecule has 4 nitrogen and oxygen atoms in total. The summed E-state index contributed by atoms with van der Waals surface area (Å²) in [6.07, 6.45) is 10.4. The van der Waals surface area contributed by atoms with Crippen molar-refractivity contribution in [2.45, 2.75) is 57.8 Å². The van der Waals surface area contributed by atoms with Crippen molar-refractivity contribution in [3.05, 3.63) is 12.3 Å². The monoisotopic (exact) mass is 334 g/mol. The van der Waals surface area contributed by atoms with E-state index in [0.29, 0.717) is 18.3 Å². The van der Waals surface area contributed by atoms with E-state index in [1.165, 1.54) is 71.2 Å². The molecule has 4 rings (SSSR count). The fraction of sp³-hybridized carbons (Fsp3) is 0.850. The van der Waals surface area contributed by atoms with Crippen molar-refractivity contribution in [1.82, 2.24) is 9.80 Å². The summed E-state index contributed by atoms with van der Waals surface area (Å²) < 4.78 is 5.57. The van der Waals surface area contributed by atoms with Gasteiger partial charge in [-0.05, 0) is 77.2 Å². The Kier molecular flexibility index (Phi) is 6.73. The van der Waals surface area contributed by atoms with Gasteiger partial charge in [0.1, 0.15) is 5.76 Å². The molecular weight excluding hydrogens is 300 g/mol. The van der Waals surface area contributed by atoms with E-state index in [-0.39, 0.29) is 5.97 Å². The van der Waals surface area contributed by atoms with E-state index in [1.807, 2.05) is 0 Å². The van der Waals surface area contributed by atoms with E-state index in [0.717, 1.165) is 25.1 Å². The van der Waals surface area contributed by atoms with E-state index in [1.54, 1.807) is 0 Å². The van der Waals surface area contributed by atoms with E-state index >= 15 is 0 Å². The first kappa shape index (κ1) is 17.9. The highest BCUT2D eigenvalue weighted by Gasteiger charge is 2.36. The molecule has 0 N–H and O–H groups in total. The molecule has 4 saturated heterocycles. The summed E-state index contributed by atoms with van der Waals surface area (Å²) in [6, 6.07) is 0. The molecule has 24 heavy (non-hydrogen) atoms. The maximum Gasteiger partial charge on any atom is 0.310 e. The quantitative estimate of drug-likeness (QED) is 0.387. The summed E-state index contributed by atoms with van der Waals surface area (Å²) in [5, 5.41) is 0. The third-order valence-electron chi connectivity index (χ3n) is 6.12. The molecule has 136 valence electrons. The largest absolute Gasteiger partial charge is 0.431 e. The normalized spacial score (nSPS) is 30.2. The highest BCUT2D eigenvalue weighted by molar-refractivity contribution is 5.70. The molecule has 0 saturated carbocycles. The van der Waals surface area contributed by atoms with Gasteiger partial charge in [-0.25, -0.2) is 0 Å². The molecule has 0 aromatic carbocycles. The molecule has 1 atom stereocenters. The predicted octanol–water partition coefficient (Wildman–Crippen LogP) is 3.43. The number of hydrogen-bond donors (Lipinski definition) is 0. The van der Waals surface area contributed by atoms with Crippen LogP contribution in [0.4, 0.5) is 0 Å². The first-order chi connectivity index (χ1) is 11.7. The van der Waals surface area contributed by atoms with Crippen molar-refractivity contribution in [3.63, 3.8) is 0 Å². The predicted molar refractivity (Wildman–Crippen MR) is 96.6 cm³/mol. The third kappa shape index (κ3) is 5.06. The zero-order valence-corrected chi connectivity index (χ0v) is 15.2. The summed E-state index contributed by atoms with van der Waals surface area (Å²) in [7, 11) is 0. The zero-order chi connectivity index (χ0) is 16.8. The van der Waals surface area contributed by atoms with Crippen LogP contribution >= 0.6 is 0 Å². The van der Waals surface area contributed by atoms with Crippen molar-refractivity contribution in [1.29, 1.82) is 0 Å². The Morgan fingerprint density at radius 2 is 1.75 bits per heavy atom. The smallest absolute Gasteiger partial charge is 0.310 e. The lowest BCUT2D eigenvalue weighted by Crippen LogP contribution is -2.48. The number of carbonyl (C=O) groups is 1. The van der Waals surface area contributed by atoms with E-state index in [4.69, 9.17) is 4.74 Å². The maximum absolute atomic E-state index is 12.1. The molecule has 0 aromatic heterocycles. The van der Waals surface area contributed by atoms with Crippen molar-refractivity contribution in [2.24, 2.45) is 11.8 Å². The molecule has 4 fully saturated rings. The number of carbonyl (C=O) groups excluding carboxylic acids is 1. The minimum atomic E-state index is -0.0746. The molecule has 0 aliphatic carbocycles. The zero-order valence-electron chi connectivity index (χ0n) is 15.2. The summed E-state index contributed by atoms with van der Waals surface area (Å²) in [5.41, 5.74) is 0. The fourth-order valence-electron chi connectivity index (χ4n) is 4.57.